The summed E-state index contributed by atoms with van der Waals surface area (Å²) in [5, 5.41) is 11.5. The molecule has 0 saturated heterocycles. The van der Waals surface area contributed by atoms with Crippen molar-refractivity contribution in [2.45, 2.75) is 19.3 Å². The first-order chi connectivity index (χ1) is 5.29. The molecule has 4 heteroatoms. The van der Waals surface area contributed by atoms with Crippen molar-refractivity contribution in [3.8, 4) is 0 Å². The van der Waals surface area contributed by atoms with Gasteiger partial charge in [0, 0.05) is 6.42 Å². The fourth-order valence-corrected chi connectivity index (χ4v) is 1.69. The molecule has 0 bridgehead atoms. The van der Waals surface area contributed by atoms with Gasteiger partial charge in [0.2, 0.25) is 5.15 Å². The van der Waals surface area contributed by atoms with Crippen molar-refractivity contribution in [1.29, 1.82) is 0 Å². The smallest absolute Gasteiger partial charge is 0.291 e. The largest absolute Gasteiger partial charge is 0.711 e. The topological polar surface area (TPSA) is 39.8 Å². The highest BCUT2D eigenvalue weighted by Gasteiger charge is 2.21. The SMILES string of the molecule is [O-][n+]1cnc(Cl)c2c1CCC2. The van der Waals surface area contributed by atoms with E-state index in [-0.39, 0.29) is 0 Å². The van der Waals surface area contributed by atoms with Crippen LogP contribution in [0.25, 0.3) is 0 Å². The summed E-state index contributed by atoms with van der Waals surface area (Å²) in [5.74, 6) is 0. The first-order valence-corrected chi connectivity index (χ1v) is 3.92. The summed E-state index contributed by atoms with van der Waals surface area (Å²) in [6.07, 6.45) is 3.97. The van der Waals surface area contributed by atoms with Gasteiger partial charge in [0.25, 0.3) is 6.33 Å². The van der Waals surface area contributed by atoms with E-state index in [0.29, 0.717) is 5.15 Å². The monoisotopic (exact) mass is 170 g/mol. The molecule has 0 amide bonds. The Kier molecular flexibility index (Phi) is 1.46. The van der Waals surface area contributed by atoms with E-state index >= 15 is 0 Å². The van der Waals surface area contributed by atoms with Crippen molar-refractivity contribution in [3.63, 3.8) is 0 Å². The Balaban J connectivity index is 2.64. The van der Waals surface area contributed by atoms with Crippen LogP contribution in [-0.4, -0.2) is 4.98 Å². The molecular formula is C7H7ClN2O. The molecule has 1 aromatic rings. The van der Waals surface area contributed by atoms with E-state index < -0.39 is 0 Å². The predicted octanol–water partition coefficient (Wildman–Crippen LogP) is 0.857. The summed E-state index contributed by atoms with van der Waals surface area (Å²) in [7, 11) is 0. The van der Waals surface area contributed by atoms with E-state index in [2.05, 4.69) is 4.98 Å². The average molecular weight is 171 g/mol. The van der Waals surface area contributed by atoms with Crippen molar-refractivity contribution in [2.24, 2.45) is 0 Å². The maximum Gasteiger partial charge on any atom is 0.291 e. The molecule has 1 heterocycles. The van der Waals surface area contributed by atoms with Crippen molar-refractivity contribution < 1.29 is 4.73 Å². The van der Waals surface area contributed by atoms with Crippen LogP contribution >= 0.6 is 11.6 Å². The Labute approximate surface area is 69.2 Å². The Bertz CT molecular complexity index is 272. The fraction of sp³-hybridized carbons (Fsp3) is 0.429. The first kappa shape index (κ1) is 6.85. The highest BCUT2D eigenvalue weighted by molar-refractivity contribution is 6.30. The number of halogens is 1. The van der Waals surface area contributed by atoms with Gasteiger partial charge in [-0.05, 0) is 29.4 Å². The van der Waals surface area contributed by atoms with E-state index in [9.17, 15) is 5.21 Å². The van der Waals surface area contributed by atoms with Gasteiger partial charge in [0.1, 0.15) is 5.69 Å². The molecule has 3 nitrogen and oxygen atoms in total. The maximum absolute atomic E-state index is 11.1. The van der Waals surface area contributed by atoms with Gasteiger partial charge in [-0.3, -0.25) is 0 Å². The molecule has 58 valence electrons. The van der Waals surface area contributed by atoms with Gasteiger partial charge >= 0.3 is 0 Å². The van der Waals surface area contributed by atoms with E-state index in [1.54, 1.807) is 0 Å². The van der Waals surface area contributed by atoms with Gasteiger partial charge in [0.05, 0.1) is 5.56 Å². The average Bonchev–Trinajstić information content (AvgIpc) is 2.45. The molecule has 0 saturated carbocycles. The predicted molar refractivity (Wildman–Crippen MR) is 40.2 cm³/mol. The van der Waals surface area contributed by atoms with Gasteiger partial charge in [0.15, 0.2) is 0 Å². The van der Waals surface area contributed by atoms with Crippen LogP contribution < -0.4 is 4.73 Å². The molecule has 1 aromatic heterocycles. The molecule has 2 rings (SSSR count). The zero-order valence-electron chi connectivity index (χ0n) is 5.88. The molecular weight excluding hydrogens is 164 g/mol. The highest BCUT2D eigenvalue weighted by Crippen LogP contribution is 2.23. The first-order valence-electron chi connectivity index (χ1n) is 3.54. The molecule has 0 unspecified atom stereocenters. The van der Waals surface area contributed by atoms with Crippen LogP contribution in [0.3, 0.4) is 0 Å². The zero-order valence-corrected chi connectivity index (χ0v) is 6.64. The third kappa shape index (κ3) is 0.959. The molecule has 0 spiro atoms. The van der Waals surface area contributed by atoms with E-state index in [1.165, 1.54) is 6.33 Å². The van der Waals surface area contributed by atoms with Crippen molar-refractivity contribution in [1.82, 2.24) is 4.98 Å². The second-order valence-electron chi connectivity index (χ2n) is 2.64. The summed E-state index contributed by atoms with van der Waals surface area (Å²) >= 11 is 5.78. The second kappa shape index (κ2) is 2.34. The van der Waals surface area contributed by atoms with Crippen LogP contribution in [0.2, 0.25) is 5.15 Å². The molecule has 0 aliphatic heterocycles. The summed E-state index contributed by atoms with van der Waals surface area (Å²) in [6, 6.07) is 0. The zero-order chi connectivity index (χ0) is 7.84. The Morgan fingerprint density at radius 2 is 2.36 bits per heavy atom. The molecule has 1 aliphatic carbocycles. The third-order valence-electron chi connectivity index (χ3n) is 1.98. The lowest BCUT2D eigenvalue weighted by Gasteiger charge is -2.04. The minimum atomic E-state index is 0.490. The Morgan fingerprint density at radius 1 is 1.55 bits per heavy atom. The normalized spacial score (nSPS) is 15.0. The van der Waals surface area contributed by atoms with Crippen LogP contribution in [0.5, 0.6) is 0 Å². The summed E-state index contributed by atoms with van der Waals surface area (Å²) in [4.78, 5) is 3.77. The van der Waals surface area contributed by atoms with Gasteiger partial charge in [-0.2, -0.15) is 0 Å². The maximum atomic E-state index is 11.1. The molecule has 1 aliphatic rings. The van der Waals surface area contributed by atoms with Crippen molar-refractivity contribution in [2.75, 3.05) is 0 Å². The number of fused-ring (bicyclic) bond motifs is 1. The van der Waals surface area contributed by atoms with Crippen LogP contribution in [0.1, 0.15) is 17.7 Å². The minimum absolute atomic E-state index is 0.490. The standard InChI is InChI=1S/C7H7ClN2O/c8-7-5-2-1-3-6(5)10(11)4-9-7/h4H,1-3H2. The summed E-state index contributed by atoms with van der Waals surface area (Å²) in [5.41, 5.74) is 1.73. The van der Waals surface area contributed by atoms with E-state index in [4.69, 9.17) is 11.6 Å². The van der Waals surface area contributed by atoms with E-state index in [1.807, 2.05) is 0 Å². The number of aromatic nitrogens is 2. The van der Waals surface area contributed by atoms with Crippen LogP contribution in [0.4, 0.5) is 0 Å². The van der Waals surface area contributed by atoms with Gasteiger partial charge in [-0.25, -0.2) is 4.73 Å². The number of rotatable bonds is 0. The molecule has 0 fully saturated rings. The second-order valence-corrected chi connectivity index (χ2v) is 3.00. The Hall–Kier alpha value is -0.830. The Morgan fingerprint density at radius 3 is 3.09 bits per heavy atom. The van der Waals surface area contributed by atoms with Crippen molar-refractivity contribution in [3.05, 3.63) is 27.9 Å². The fourth-order valence-electron chi connectivity index (χ4n) is 1.44. The van der Waals surface area contributed by atoms with Crippen LogP contribution in [0, 0.1) is 5.21 Å². The quantitative estimate of drug-likeness (QED) is 0.329. The molecule has 0 atom stereocenters. The lowest BCUT2D eigenvalue weighted by molar-refractivity contribution is -0.617. The highest BCUT2D eigenvalue weighted by atomic mass is 35.5. The summed E-state index contributed by atoms with van der Waals surface area (Å²) < 4.78 is 0.814. The van der Waals surface area contributed by atoms with Gasteiger partial charge in [-0.1, -0.05) is 0 Å². The molecule has 0 radical (unpaired) electrons. The summed E-state index contributed by atoms with van der Waals surface area (Å²) in [6.45, 7) is 0. The molecule has 0 aromatic carbocycles. The number of hydrogen-bond donors (Lipinski definition) is 0. The lowest BCUT2D eigenvalue weighted by Crippen LogP contribution is -2.32. The van der Waals surface area contributed by atoms with Crippen molar-refractivity contribution >= 4 is 11.6 Å². The molecule has 0 N–H and O–H groups in total. The number of nitrogens with zero attached hydrogens (tertiary/aromatic N) is 2. The van der Waals surface area contributed by atoms with Crippen LogP contribution in [-0.2, 0) is 12.8 Å². The van der Waals surface area contributed by atoms with Crippen LogP contribution in [0.15, 0.2) is 6.33 Å². The molecule has 11 heavy (non-hydrogen) atoms. The van der Waals surface area contributed by atoms with Gasteiger partial charge < -0.3 is 5.21 Å². The minimum Gasteiger partial charge on any atom is -0.711 e. The van der Waals surface area contributed by atoms with E-state index in [0.717, 1.165) is 35.3 Å². The number of hydrogen-bond acceptors (Lipinski definition) is 2. The third-order valence-corrected chi connectivity index (χ3v) is 2.31. The van der Waals surface area contributed by atoms with Gasteiger partial charge in [-0.15, -0.1) is 0 Å². The lowest BCUT2D eigenvalue weighted by atomic mass is 10.3.